The molecule has 0 aliphatic heterocycles. The van der Waals surface area contributed by atoms with E-state index >= 15 is 0 Å². The van der Waals surface area contributed by atoms with Crippen LogP contribution in [0, 0.1) is 0 Å². The van der Waals surface area contributed by atoms with Crippen molar-refractivity contribution < 1.29 is 13.2 Å². The Labute approximate surface area is 92.6 Å². The van der Waals surface area contributed by atoms with E-state index in [1.807, 2.05) is 6.92 Å². The summed E-state index contributed by atoms with van der Waals surface area (Å²) < 4.78 is 37.2. The fourth-order valence-electron chi connectivity index (χ4n) is 1.39. The van der Waals surface area contributed by atoms with E-state index < -0.39 is 11.7 Å². The molecule has 0 aromatic heterocycles. The molecule has 1 atom stereocenters. The SMILES string of the molecule is CC(CCN)Nc1cccc(C(F)(F)F)c1. The number of hydrogen-bond donors (Lipinski definition) is 2. The van der Waals surface area contributed by atoms with Gasteiger partial charge in [-0.3, -0.25) is 0 Å². The second kappa shape index (κ2) is 5.21. The monoisotopic (exact) mass is 232 g/mol. The summed E-state index contributed by atoms with van der Waals surface area (Å²) in [5.74, 6) is 0. The van der Waals surface area contributed by atoms with E-state index in [4.69, 9.17) is 5.73 Å². The first-order chi connectivity index (χ1) is 7.43. The minimum Gasteiger partial charge on any atom is -0.383 e. The van der Waals surface area contributed by atoms with Crippen LogP contribution >= 0.6 is 0 Å². The van der Waals surface area contributed by atoms with Crippen LogP contribution in [0.4, 0.5) is 18.9 Å². The lowest BCUT2D eigenvalue weighted by molar-refractivity contribution is -0.137. The van der Waals surface area contributed by atoms with E-state index in [9.17, 15) is 13.2 Å². The molecule has 3 N–H and O–H groups in total. The van der Waals surface area contributed by atoms with Crippen LogP contribution in [-0.2, 0) is 6.18 Å². The highest BCUT2D eigenvalue weighted by Crippen LogP contribution is 2.30. The summed E-state index contributed by atoms with van der Waals surface area (Å²) in [6.07, 6.45) is -3.58. The van der Waals surface area contributed by atoms with Crippen molar-refractivity contribution in [2.24, 2.45) is 5.73 Å². The van der Waals surface area contributed by atoms with Gasteiger partial charge < -0.3 is 11.1 Å². The van der Waals surface area contributed by atoms with Gasteiger partial charge in [0, 0.05) is 11.7 Å². The largest absolute Gasteiger partial charge is 0.416 e. The number of hydrogen-bond acceptors (Lipinski definition) is 2. The number of alkyl halides is 3. The molecular weight excluding hydrogens is 217 g/mol. The molecule has 16 heavy (non-hydrogen) atoms. The topological polar surface area (TPSA) is 38.0 Å². The lowest BCUT2D eigenvalue weighted by Gasteiger charge is -2.15. The summed E-state index contributed by atoms with van der Waals surface area (Å²) in [4.78, 5) is 0. The van der Waals surface area contributed by atoms with Gasteiger partial charge in [0.2, 0.25) is 0 Å². The number of nitrogens with two attached hydrogens (primary N) is 1. The third kappa shape index (κ3) is 3.73. The van der Waals surface area contributed by atoms with E-state index in [1.54, 1.807) is 6.07 Å². The van der Waals surface area contributed by atoms with Crippen molar-refractivity contribution in [3.63, 3.8) is 0 Å². The van der Waals surface area contributed by atoms with Crippen molar-refractivity contribution >= 4 is 5.69 Å². The van der Waals surface area contributed by atoms with Crippen LogP contribution < -0.4 is 11.1 Å². The molecule has 0 radical (unpaired) electrons. The highest BCUT2D eigenvalue weighted by atomic mass is 19.4. The minimum absolute atomic E-state index is 0.0634. The van der Waals surface area contributed by atoms with Gasteiger partial charge in [-0.2, -0.15) is 13.2 Å². The first-order valence-electron chi connectivity index (χ1n) is 5.07. The molecule has 2 nitrogen and oxygen atoms in total. The van der Waals surface area contributed by atoms with E-state index in [2.05, 4.69) is 5.32 Å². The smallest absolute Gasteiger partial charge is 0.383 e. The first kappa shape index (κ1) is 12.8. The van der Waals surface area contributed by atoms with Gasteiger partial charge in [-0.25, -0.2) is 0 Å². The number of anilines is 1. The second-order valence-electron chi connectivity index (χ2n) is 3.70. The molecule has 0 saturated heterocycles. The van der Waals surface area contributed by atoms with Gasteiger partial charge in [0.05, 0.1) is 5.56 Å². The molecule has 1 aromatic carbocycles. The minimum atomic E-state index is -4.30. The number of nitrogens with one attached hydrogen (secondary N) is 1. The average molecular weight is 232 g/mol. The van der Waals surface area contributed by atoms with E-state index in [1.165, 1.54) is 6.07 Å². The molecule has 1 unspecified atom stereocenters. The van der Waals surface area contributed by atoms with Crippen LogP contribution in [-0.4, -0.2) is 12.6 Å². The Hall–Kier alpha value is -1.23. The van der Waals surface area contributed by atoms with E-state index in [0.717, 1.165) is 18.6 Å². The van der Waals surface area contributed by atoms with Gasteiger partial charge in [0.25, 0.3) is 0 Å². The highest BCUT2D eigenvalue weighted by Gasteiger charge is 2.30. The molecule has 1 rings (SSSR count). The van der Waals surface area contributed by atoms with Gasteiger partial charge in [0.15, 0.2) is 0 Å². The fraction of sp³-hybridized carbons (Fsp3) is 0.455. The molecule has 1 aromatic rings. The fourth-order valence-corrected chi connectivity index (χ4v) is 1.39. The lowest BCUT2D eigenvalue weighted by atomic mass is 10.1. The maximum absolute atomic E-state index is 12.4. The average Bonchev–Trinajstić information content (AvgIpc) is 2.17. The van der Waals surface area contributed by atoms with Gasteiger partial charge in [0.1, 0.15) is 0 Å². The maximum atomic E-state index is 12.4. The van der Waals surface area contributed by atoms with Crippen molar-refractivity contribution in [3.05, 3.63) is 29.8 Å². The van der Waals surface area contributed by atoms with Crippen LogP contribution in [0.2, 0.25) is 0 Å². The first-order valence-corrected chi connectivity index (χ1v) is 5.07. The van der Waals surface area contributed by atoms with Crippen molar-refractivity contribution in [2.75, 3.05) is 11.9 Å². The molecule has 0 bridgehead atoms. The Kier molecular flexibility index (Phi) is 4.18. The van der Waals surface area contributed by atoms with Gasteiger partial charge in [-0.15, -0.1) is 0 Å². The molecule has 0 aliphatic rings. The van der Waals surface area contributed by atoms with Crippen molar-refractivity contribution in [2.45, 2.75) is 25.6 Å². The normalized spacial score (nSPS) is 13.6. The summed E-state index contributed by atoms with van der Waals surface area (Å²) in [6.45, 7) is 2.39. The Morgan fingerprint density at radius 3 is 2.62 bits per heavy atom. The standard InChI is InChI=1S/C11H15F3N2/c1-8(5-6-15)16-10-4-2-3-9(7-10)11(12,13)14/h2-4,7-8,16H,5-6,15H2,1H3. The number of benzene rings is 1. The van der Waals surface area contributed by atoms with Crippen LogP contribution in [0.3, 0.4) is 0 Å². The summed E-state index contributed by atoms with van der Waals surface area (Å²) in [6, 6.07) is 5.22. The molecule has 90 valence electrons. The van der Waals surface area contributed by atoms with Gasteiger partial charge >= 0.3 is 6.18 Å². The molecule has 0 fully saturated rings. The Morgan fingerprint density at radius 2 is 2.06 bits per heavy atom. The molecule has 5 heteroatoms. The van der Waals surface area contributed by atoms with Gasteiger partial charge in [-0.1, -0.05) is 6.07 Å². The molecule has 0 saturated carbocycles. The van der Waals surface area contributed by atoms with E-state index in [0.29, 0.717) is 12.2 Å². The number of halogens is 3. The zero-order valence-electron chi connectivity index (χ0n) is 9.01. The van der Waals surface area contributed by atoms with Crippen LogP contribution in [0.15, 0.2) is 24.3 Å². The van der Waals surface area contributed by atoms with Crippen molar-refractivity contribution in [1.82, 2.24) is 0 Å². The highest BCUT2D eigenvalue weighted by molar-refractivity contribution is 5.47. The van der Waals surface area contributed by atoms with Crippen LogP contribution in [0.1, 0.15) is 18.9 Å². The van der Waals surface area contributed by atoms with Gasteiger partial charge in [-0.05, 0) is 38.1 Å². The molecular formula is C11H15F3N2. The predicted octanol–water partition coefficient (Wildman–Crippen LogP) is 2.85. The molecule has 0 spiro atoms. The molecule has 0 heterocycles. The molecule has 0 aliphatic carbocycles. The zero-order chi connectivity index (χ0) is 12.2. The third-order valence-electron chi connectivity index (χ3n) is 2.20. The maximum Gasteiger partial charge on any atom is 0.416 e. The van der Waals surface area contributed by atoms with Crippen LogP contribution in [0.25, 0.3) is 0 Å². The van der Waals surface area contributed by atoms with E-state index in [-0.39, 0.29) is 6.04 Å². The number of rotatable bonds is 4. The zero-order valence-corrected chi connectivity index (χ0v) is 9.01. The third-order valence-corrected chi connectivity index (χ3v) is 2.20. The summed E-state index contributed by atoms with van der Waals surface area (Å²) >= 11 is 0. The lowest BCUT2D eigenvalue weighted by Crippen LogP contribution is -2.19. The predicted molar refractivity (Wildman–Crippen MR) is 58.2 cm³/mol. The Morgan fingerprint density at radius 1 is 1.38 bits per heavy atom. The second-order valence-corrected chi connectivity index (χ2v) is 3.70. The van der Waals surface area contributed by atoms with Crippen molar-refractivity contribution in [3.8, 4) is 0 Å². The Balaban J connectivity index is 2.75. The summed E-state index contributed by atoms with van der Waals surface area (Å²) in [5.41, 5.74) is 5.19. The summed E-state index contributed by atoms with van der Waals surface area (Å²) in [5, 5.41) is 2.98. The Bertz CT molecular complexity index is 336. The van der Waals surface area contributed by atoms with Crippen LogP contribution in [0.5, 0.6) is 0 Å². The van der Waals surface area contributed by atoms with Crippen molar-refractivity contribution in [1.29, 1.82) is 0 Å². The summed E-state index contributed by atoms with van der Waals surface area (Å²) in [7, 11) is 0. The molecule has 0 amide bonds. The quantitative estimate of drug-likeness (QED) is 0.837.